The molecule has 1 N–H and O–H groups in total. The summed E-state index contributed by atoms with van der Waals surface area (Å²) in [7, 11) is 1.53. The van der Waals surface area contributed by atoms with Gasteiger partial charge in [-0.15, -0.1) is 0 Å². The molecule has 1 unspecified atom stereocenters. The van der Waals surface area contributed by atoms with E-state index < -0.39 is 28.4 Å². The van der Waals surface area contributed by atoms with Crippen LogP contribution in [-0.2, 0) is 14.3 Å². The monoisotopic (exact) mass is 397 g/mol. The lowest BCUT2D eigenvalue weighted by atomic mass is 9.98. The van der Waals surface area contributed by atoms with E-state index in [1.807, 2.05) is 0 Å². The first kappa shape index (κ1) is 20.2. The summed E-state index contributed by atoms with van der Waals surface area (Å²) >= 11 is 0. The van der Waals surface area contributed by atoms with Gasteiger partial charge < -0.3 is 14.7 Å². The lowest BCUT2D eigenvalue weighted by molar-refractivity contribution is -0.384. The molecule has 9 heteroatoms. The molecule has 29 heavy (non-hydrogen) atoms. The number of hydrogen-bond acceptors (Lipinski definition) is 7. The number of hydrogen-bond donors (Lipinski definition) is 1. The predicted molar refractivity (Wildman–Crippen MR) is 103 cm³/mol. The maximum Gasteiger partial charge on any atom is 0.295 e. The number of carbonyl (C=O) groups is 2. The third kappa shape index (κ3) is 3.99. The highest BCUT2D eigenvalue weighted by Gasteiger charge is 2.46. The summed E-state index contributed by atoms with van der Waals surface area (Å²) in [5.74, 6) is -2.09. The number of likely N-dealkylation sites (tertiary alicyclic amines) is 1. The molecule has 0 spiro atoms. The molecule has 2 heterocycles. The number of rotatable bonds is 7. The van der Waals surface area contributed by atoms with E-state index in [1.54, 1.807) is 18.2 Å². The van der Waals surface area contributed by atoms with E-state index in [9.17, 15) is 24.8 Å². The van der Waals surface area contributed by atoms with Crippen molar-refractivity contribution >= 4 is 23.1 Å². The Kier molecular flexibility index (Phi) is 5.99. The van der Waals surface area contributed by atoms with Crippen LogP contribution < -0.4 is 0 Å². The fourth-order valence-corrected chi connectivity index (χ4v) is 3.26. The number of pyridine rings is 1. The second-order valence-corrected chi connectivity index (χ2v) is 6.40. The number of amides is 1. The SMILES string of the molecule is COCCCN1C(=O)C(=O)/C(=C(\O)c2cccc([N+](=O)[O-])c2)C1c1ccccn1. The highest BCUT2D eigenvalue weighted by molar-refractivity contribution is 6.46. The Labute approximate surface area is 166 Å². The molecular formula is C20H19N3O6. The topological polar surface area (TPSA) is 123 Å². The molecule has 2 aromatic rings. The van der Waals surface area contributed by atoms with Crippen molar-refractivity contribution in [2.45, 2.75) is 12.5 Å². The highest BCUT2D eigenvalue weighted by atomic mass is 16.6. The maximum atomic E-state index is 12.8. The molecule has 1 atom stereocenters. The third-order valence-corrected chi connectivity index (χ3v) is 4.59. The molecule has 1 aromatic heterocycles. The molecule has 1 amide bonds. The van der Waals surface area contributed by atoms with Crippen molar-refractivity contribution in [3.8, 4) is 0 Å². The Morgan fingerprint density at radius 1 is 1.28 bits per heavy atom. The van der Waals surface area contributed by atoms with Gasteiger partial charge in [0.15, 0.2) is 0 Å². The first-order valence-corrected chi connectivity index (χ1v) is 8.88. The van der Waals surface area contributed by atoms with Crippen LogP contribution >= 0.6 is 0 Å². The Bertz CT molecular complexity index is 973. The van der Waals surface area contributed by atoms with Gasteiger partial charge in [-0.2, -0.15) is 0 Å². The fourth-order valence-electron chi connectivity index (χ4n) is 3.26. The minimum atomic E-state index is -0.896. The average Bonchev–Trinajstić information content (AvgIpc) is 2.99. The molecule has 1 fully saturated rings. The van der Waals surface area contributed by atoms with Gasteiger partial charge in [0.2, 0.25) is 0 Å². The number of aliphatic hydroxyl groups is 1. The van der Waals surface area contributed by atoms with E-state index in [-0.39, 0.29) is 23.4 Å². The van der Waals surface area contributed by atoms with Crippen LogP contribution in [0.1, 0.15) is 23.7 Å². The number of benzene rings is 1. The number of nitro groups is 1. The molecule has 1 aliphatic heterocycles. The van der Waals surface area contributed by atoms with Gasteiger partial charge in [-0.1, -0.05) is 18.2 Å². The number of Topliss-reactive ketones (excluding diaryl/α,β-unsaturated/α-hetero) is 1. The van der Waals surface area contributed by atoms with Gasteiger partial charge in [0.25, 0.3) is 17.4 Å². The van der Waals surface area contributed by atoms with Gasteiger partial charge in [-0.05, 0) is 18.6 Å². The summed E-state index contributed by atoms with van der Waals surface area (Å²) < 4.78 is 5.02. The van der Waals surface area contributed by atoms with Gasteiger partial charge in [-0.25, -0.2) is 0 Å². The predicted octanol–water partition coefficient (Wildman–Crippen LogP) is 2.45. The van der Waals surface area contributed by atoms with Crippen LogP contribution in [0, 0.1) is 10.1 Å². The summed E-state index contributed by atoms with van der Waals surface area (Å²) in [6.45, 7) is 0.619. The molecular weight excluding hydrogens is 378 g/mol. The van der Waals surface area contributed by atoms with Gasteiger partial charge >= 0.3 is 0 Å². The molecule has 0 aliphatic carbocycles. The van der Waals surface area contributed by atoms with Crippen LogP contribution in [0.3, 0.4) is 0 Å². The quantitative estimate of drug-likeness (QED) is 0.190. The molecule has 9 nitrogen and oxygen atoms in total. The highest BCUT2D eigenvalue weighted by Crippen LogP contribution is 2.38. The molecule has 1 aliphatic rings. The third-order valence-electron chi connectivity index (χ3n) is 4.59. The Morgan fingerprint density at radius 3 is 2.72 bits per heavy atom. The van der Waals surface area contributed by atoms with Crippen LogP contribution in [0.4, 0.5) is 5.69 Å². The average molecular weight is 397 g/mol. The van der Waals surface area contributed by atoms with Gasteiger partial charge in [0.05, 0.1) is 16.2 Å². The second-order valence-electron chi connectivity index (χ2n) is 6.40. The normalized spacial score (nSPS) is 18.2. The van der Waals surface area contributed by atoms with E-state index in [0.717, 1.165) is 6.07 Å². The number of nitro benzene ring substituents is 1. The molecule has 0 radical (unpaired) electrons. The number of ketones is 1. The van der Waals surface area contributed by atoms with Crippen molar-refractivity contribution in [1.82, 2.24) is 9.88 Å². The minimum Gasteiger partial charge on any atom is -0.507 e. The van der Waals surface area contributed by atoms with Crippen molar-refractivity contribution in [3.63, 3.8) is 0 Å². The number of aliphatic hydroxyl groups excluding tert-OH is 1. The van der Waals surface area contributed by atoms with Crippen molar-refractivity contribution < 1.29 is 24.4 Å². The van der Waals surface area contributed by atoms with Crippen LogP contribution in [0.15, 0.2) is 54.2 Å². The van der Waals surface area contributed by atoms with E-state index in [4.69, 9.17) is 4.74 Å². The van der Waals surface area contributed by atoms with Crippen LogP contribution in [0.25, 0.3) is 5.76 Å². The molecule has 0 bridgehead atoms. The Morgan fingerprint density at radius 2 is 2.07 bits per heavy atom. The van der Waals surface area contributed by atoms with Crippen molar-refractivity contribution in [3.05, 3.63) is 75.6 Å². The summed E-state index contributed by atoms with van der Waals surface area (Å²) in [5, 5.41) is 21.9. The first-order valence-electron chi connectivity index (χ1n) is 8.88. The van der Waals surface area contributed by atoms with Crippen LogP contribution in [-0.4, -0.2) is 51.9 Å². The zero-order valence-electron chi connectivity index (χ0n) is 15.6. The lowest BCUT2D eigenvalue weighted by Crippen LogP contribution is -2.31. The van der Waals surface area contributed by atoms with E-state index in [0.29, 0.717) is 18.7 Å². The molecule has 0 saturated carbocycles. The number of carbonyl (C=O) groups excluding carboxylic acids is 2. The lowest BCUT2D eigenvalue weighted by Gasteiger charge is -2.24. The fraction of sp³-hybridized carbons (Fsp3) is 0.250. The van der Waals surface area contributed by atoms with Gasteiger partial charge in [0, 0.05) is 44.2 Å². The smallest absolute Gasteiger partial charge is 0.295 e. The standard InChI is InChI=1S/C20H19N3O6/c1-29-11-5-10-22-17(15-8-2-3-9-21-15)16(19(25)20(22)26)18(24)13-6-4-7-14(12-13)23(27)28/h2-4,6-9,12,17,24H,5,10-11H2,1H3/b18-16-. The van der Waals surface area contributed by atoms with Crippen molar-refractivity contribution in [2.75, 3.05) is 20.3 Å². The van der Waals surface area contributed by atoms with Crippen LogP contribution in [0.2, 0.25) is 0 Å². The number of aromatic nitrogens is 1. The van der Waals surface area contributed by atoms with Crippen molar-refractivity contribution in [1.29, 1.82) is 0 Å². The number of methoxy groups -OCH3 is 1. The summed E-state index contributed by atoms with van der Waals surface area (Å²) in [6, 6.07) is 9.44. The molecule has 1 aromatic carbocycles. The minimum absolute atomic E-state index is 0.0787. The number of nitrogens with zero attached hydrogens (tertiary/aromatic N) is 3. The second kappa shape index (κ2) is 8.61. The van der Waals surface area contributed by atoms with E-state index >= 15 is 0 Å². The summed E-state index contributed by atoms with van der Waals surface area (Å²) in [6.07, 6.45) is 2.02. The largest absolute Gasteiger partial charge is 0.507 e. The zero-order valence-corrected chi connectivity index (χ0v) is 15.6. The summed E-state index contributed by atoms with van der Waals surface area (Å²) in [5.41, 5.74) is 0.107. The van der Waals surface area contributed by atoms with E-state index in [2.05, 4.69) is 4.98 Å². The van der Waals surface area contributed by atoms with Gasteiger partial charge in [0.1, 0.15) is 11.8 Å². The number of ether oxygens (including phenoxy) is 1. The number of non-ortho nitro benzene ring substituents is 1. The molecule has 1 saturated heterocycles. The van der Waals surface area contributed by atoms with Crippen LogP contribution in [0.5, 0.6) is 0 Å². The zero-order chi connectivity index (χ0) is 21.0. The van der Waals surface area contributed by atoms with Gasteiger partial charge in [-0.3, -0.25) is 24.7 Å². The Hall–Kier alpha value is -3.59. The molecule has 3 rings (SSSR count). The van der Waals surface area contributed by atoms with Crippen molar-refractivity contribution in [2.24, 2.45) is 0 Å². The van der Waals surface area contributed by atoms with E-state index in [1.165, 1.54) is 36.4 Å². The Balaban J connectivity index is 2.12. The molecule has 150 valence electrons. The first-order chi connectivity index (χ1) is 14.0. The summed E-state index contributed by atoms with van der Waals surface area (Å²) in [4.78, 5) is 41.5. The maximum absolute atomic E-state index is 12.8.